The summed E-state index contributed by atoms with van der Waals surface area (Å²) >= 11 is 0. The van der Waals surface area contributed by atoms with E-state index in [-0.39, 0.29) is 5.91 Å². The summed E-state index contributed by atoms with van der Waals surface area (Å²) in [5.74, 6) is 0.570. The molecule has 2 aromatic rings. The zero-order chi connectivity index (χ0) is 16.5. The van der Waals surface area contributed by atoms with Crippen LogP contribution in [0.5, 0.6) is 5.75 Å². The molecule has 0 bridgehead atoms. The van der Waals surface area contributed by atoms with Crippen LogP contribution in [0.3, 0.4) is 0 Å². The van der Waals surface area contributed by atoms with E-state index in [0.717, 1.165) is 30.4 Å². The zero-order valence-corrected chi connectivity index (χ0v) is 13.4. The first-order valence-corrected chi connectivity index (χ1v) is 7.90. The molecule has 0 fully saturated rings. The molecule has 23 heavy (non-hydrogen) atoms. The lowest BCUT2D eigenvalue weighted by Crippen LogP contribution is -2.17. The Morgan fingerprint density at radius 1 is 1.17 bits per heavy atom. The predicted molar refractivity (Wildman–Crippen MR) is 91.6 cm³/mol. The van der Waals surface area contributed by atoms with Gasteiger partial charge in [-0.25, -0.2) is 5.48 Å². The second-order valence-corrected chi connectivity index (χ2v) is 5.60. The smallest absolute Gasteiger partial charge is 0.243 e. The van der Waals surface area contributed by atoms with E-state index in [1.165, 1.54) is 11.0 Å². The maximum Gasteiger partial charge on any atom is 0.243 e. The first-order valence-electron chi connectivity index (χ1n) is 7.90. The number of hydrogen-bond donors (Lipinski definition) is 2. The largest absolute Gasteiger partial charge is 0.489 e. The number of rotatable bonds is 8. The molecular weight excluding hydrogens is 290 g/mol. The van der Waals surface area contributed by atoms with Gasteiger partial charge in [0.15, 0.2) is 0 Å². The van der Waals surface area contributed by atoms with Gasteiger partial charge in [0.05, 0.1) is 0 Å². The molecule has 0 saturated carbocycles. The average Bonchev–Trinajstić information content (AvgIpc) is 2.59. The van der Waals surface area contributed by atoms with Crippen molar-refractivity contribution >= 4 is 16.7 Å². The van der Waals surface area contributed by atoms with Crippen LogP contribution in [-0.2, 0) is 4.79 Å². The van der Waals surface area contributed by atoms with Crippen molar-refractivity contribution in [2.24, 2.45) is 0 Å². The van der Waals surface area contributed by atoms with Crippen molar-refractivity contribution in [3.63, 3.8) is 0 Å². The minimum Gasteiger partial charge on any atom is -0.489 e. The van der Waals surface area contributed by atoms with E-state index in [2.05, 4.69) is 24.3 Å². The molecule has 0 radical (unpaired) electrons. The lowest BCUT2D eigenvalue weighted by atomic mass is 10.1. The summed E-state index contributed by atoms with van der Waals surface area (Å²) in [6.45, 7) is 2.61. The van der Waals surface area contributed by atoms with Crippen LogP contribution in [0, 0.1) is 0 Å². The zero-order valence-electron chi connectivity index (χ0n) is 13.4. The number of carbonyl (C=O) groups is 1. The van der Waals surface area contributed by atoms with Crippen LogP contribution in [0.4, 0.5) is 0 Å². The third-order valence-electron chi connectivity index (χ3n) is 3.68. The van der Waals surface area contributed by atoms with E-state index < -0.39 is 0 Å². The van der Waals surface area contributed by atoms with Gasteiger partial charge in [-0.3, -0.25) is 10.0 Å². The Balaban J connectivity index is 1.80. The van der Waals surface area contributed by atoms with Crippen LogP contribution in [-0.4, -0.2) is 17.7 Å². The van der Waals surface area contributed by atoms with Gasteiger partial charge in [-0.15, -0.1) is 0 Å². The van der Waals surface area contributed by atoms with Gasteiger partial charge in [-0.05, 0) is 43.2 Å². The maximum absolute atomic E-state index is 10.9. The topological polar surface area (TPSA) is 58.6 Å². The minimum atomic E-state index is -0.329. The van der Waals surface area contributed by atoms with Gasteiger partial charge in [-0.2, -0.15) is 0 Å². The highest BCUT2D eigenvalue weighted by molar-refractivity contribution is 5.88. The lowest BCUT2D eigenvalue weighted by molar-refractivity contribution is -0.129. The second-order valence-electron chi connectivity index (χ2n) is 5.60. The number of benzene rings is 2. The number of hydroxylamine groups is 1. The molecule has 0 spiro atoms. The van der Waals surface area contributed by atoms with Crippen LogP contribution in [0.1, 0.15) is 32.6 Å². The number of unbranched alkanes of at least 4 members (excludes halogenated alkanes) is 2. The molecule has 0 aliphatic rings. The molecule has 1 amide bonds. The molecule has 122 valence electrons. The molecule has 2 rings (SSSR count). The van der Waals surface area contributed by atoms with E-state index >= 15 is 0 Å². The second kappa shape index (κ2) is 8.96. The fraction of sp³-hybridized carbons (Fsp3) is 0.316. The highest BCUT2D eigenvalue weighted by Crippen LogP contribution is 2.25. The predicted octanol–water partition coefficient (Wildman–Crippen LogP) is 4.23. The monoisotopic (exact) mass is 313 g/mol. The van der Waals surface area contributed by atoms with Gasteiger partial charge in [0, 0.05) is 11.8 Å². The Labute approximate surface area is 136 Å². The van der Waals surface area contributed by atoms with Crippen LogP contribution in [0.2, 0.25) is 0 Å². The van der Waals surface area contributed by atoms with Gasteiger partial charge in [0.25, 0.3) is 0 Å². The highest BCUT2D eigenvalue weighted by Gasteiger charge is 2.01. The summed E-state index contributed by atoms with van der Waals surface area (Å²) in [4.78, 5) is 10.9. The first-order chi connectivity index (χ1) is 11.2. The molecule has 0 aliphatic carbocycles. The number of allylic oxidation sites excluding steroid dienone is 1. The Bertz CT molecular complexity index is 674. The third-order valence-corrected chi connectivity index (χ3v) is 3.68. The summed E-state index contributed by atoms with van der Waals surface area (Å²) in [6.07, 6.45) is 5.08. The summed E-state index contributed by atoms with van der Waals surface area (Å²) in [5.41, 5.74) is 2.81. The third kappa shape index (κ3) is 5.42. The van der Waals surface area contributed by atoms with Gasteiger partial charge in [0.1, 0.15) is 12.4 Å². The first kappa shape index (κ1) is 17.0. The normalized spacial score (nSPS) is 11.5. The van der Waals surface area contributed by atoms with Crippen molar-refractivity contribution in [3.8, 4) is 5.75 Å². The average molecular weight is 313 g/mol. The fourth-order valence-corrected chi connectivity index (χ4v) is 2.41. The van der Waals surface area contributed by atoms with Crippen molar-refractivity contribution in [2.45, 2.75) is 32.6 Å². The van der Waals surface area contributed by atoms with Gasteiger partial charge in [-0.1, -0.05) is 42.5 Å². The van der Waals surface area contributed by atoms with E-state index in [9.17, 15) is 4.79 Å². The number of nitrogens with one attached hydrogen (secondary N) is 1. The Morgan fingerprint density at radius 3 is 2.78 bits per heavy atom. The molecule has 2 aromatic carbocycles. The fourth-order valence-electron chi connectivity index (χ4n) is 2.41. The molecule has 4 nitrogen and oxygen atoms in total. The summed E-state index contributed by atoms with van der Waals surface area (Å²) in [7, 11) is 0. The number of hydrogen-bond acceptors (Lipinski definition) is 3. The van der Waals surface area contributed by atoms with Crippen molar-refractivity contribution in [2.75, 3.05) is 6.61 Å². The molecule has 0 atom stereocenters. The van der Waals surface area contributed by atoms with Crippen molar-refractivity contribution in [1.29, 1.82) is 0 Å². The number of ether oxygens (including phenoxy) is 1. The van der Waals surface area contributed by atoms with Crippen LogP contribution in [0.15, 0.2) is 54.1 Å². The van der Waals surface area contributed by atoms with E-state index in [0.29, 0.717) is 13.0 Å². The van der Waals surface area contributed by atoms with Crippen LogP contribution >= 0.6 is 0 Å². The van der Waals surface area contributed by atoms with E-state index in [1.807, 2.05) is 31.2 Å². The molecule has 4 heteroatoms. The Morgan fingerprint density at radius 2 is 1.96 bits per heavy atom. The van der Waals surface area contributed by atoms with Gasteiger partial charge < -0.3 is 4.74 Å². The number of carbonyl (C=O) groups excluding carboxylic acids is 1. The summed E-state index contributed by atoms with van der Waals surface area (Å²) in [5, 5.41) is 10.7. The van der Waals surface area contributed by atoms with Crippen molar-refractivity contribution in [3.05, 3.63) is 54.1 Å². The summed E-state index contributed by atoms with van der Waals surface area (Å²) in [6, 6.07) is 14.2. The standard InChI is InChI=1S/C19H23NO3/c1-15(8-3-2-4-13-19(21)20-22)14-23-18-12-7-10-16-9-5-6-11-17(16)18/h5-12,22H,2-4,13-14H2,1H3,(H,20,21)/b15-8+. The molecule has 0 saturated heterocycles. The van der Waals surface area contributed by atoms with Gasteiger partial charge >= 0.3 is 0 Å². The van der Waals surface area contributed by atoms with E-state index in [1.54, 1.807) is 5.48 Å². The minimum absolute atomic E-state index is 0.329. The molecule has 0 aliphatic heterocycles. The van der Waals surface area contributed by atoms with Gasteiger partial charge in [0.2, 0.25) is 5.91 Å². The van der Waals surface area contributed by atoms with Crippen molar-refractivity contribution in [1.82, 2.24) is 5.48 Å². The summed E-state index contributed by atoms with van der Waals surface area (Å²) < 4.78 is 5.93. The Kier molecular flexibility index (Phi) is 6.63. The molecule has 2 N–H and O–H groups in total. The number of amides is 1. The number of fused-ring (bicyclic) bond motifs is 1. The molecule has 0 aromatic heterocycles. The SMILES string of the molecule is C/C(=C\CCCCC(=O)NO)COc1cccc2ccccc12. The quantitative estimate of drug-likeness (QED) is 0.332. The van der Waals surface area contributed by atoms with E-state index in [4.69, 9.17) is 9.94 Å². The highest BCUT2D eigenvalue weighted by atomic mass is 16.5. The lowest BCUT2D eigenvalue weighted by Gasteiger charge is -2.09. The van der Waals surface area contributed by atoms with Crippen LogP contribution < -0.4 is 10.2 Å². The van der Waals surface area contributed by atoms with Crippen molar-refractivity contribution < 1.29 is 14.7 Å². The molecular formula is C19H23NO3. The molecule has 0 unspecified atom stereocenters. The van der Waals surface area contributed by atoms with Crippen LogP contribution in [0.25, 0.3) is 10.8 Å². The maximum atomic E-state index is 10.9. The Hall–Kier alpha value is -2.33. The molecule has 0 heterocycles.